The third-order valence-electron chi connectivity index (χ3n) is 3.41. The molecule has 0 aromatic heterocycles. The predicted octanol–water partition coefficient (Wildman–Crippen LogP) is -1.80. The predicted molar refractivity (Wildman–Crippen MR) is 94.2 cm³/mol. The van der Waals surface area contributed by atoms with E-state index in [1.54, 1.807) is 6.26 Å². The van der Waals surface area contributed by atoms with Crippen molar-refractivity contribution in [3.05, 3.63) is 0 Å². The van der Waals surface area contributed by atoms with Gasteiger partial charge in [0.25, 0.3) is 0 Å². The summed E-state index contributed by atoms with van der Waals surface area (Å²) in [6.07, 6.45) is -3.09. The minimum Gasteiger partial charge on any atom is -0.394 e. The minimum atomic E-state index is -4.83. The number of hydrogen-bond donors (Lipinski definition) is 5. The van der Waals surface area contributed by atoms with Crippen LogP contribution in [0.1, 0.15) is 19.3 Å². The lowest BCUT2D eigenvalue weighted by Crippen LogP contribution is -2.57. The summed E-state index contributed by atoms with van der Waals surface area (Å²) in [5.41, 5.74) is -1.17. The molecule has 2 unspecified atom stereocenters. The van der Waals surface area contributed by atoms with Crippen molar-refractivity contribution in [2.45, 2.75) is 49.1 Å². The molecule has 26 heavy (non-hydrogen) atoms. The van der Waals surface area contributed by atoms with E-state index in [1.807, 2.05) is 0 Å². The third-order valence-corrected chi connectivity index (χ3v) is 5.71. The highest BCUT2D eigenvalue weighted by Gasteiger charge is 2.44. The maximum Gasteiger partial charge on any atom is 0.466 e. The Morgan fingerprint density at radius 2 is 1.88 bits per heavy atom. The van der Waals surface area contributed by atoms with E-state index in [0.717, 1.165) is 11.8 Å². The fourth-order valence-electron chi connectivity index (χ4n) is 2.10. The lowest BCUT2D eigenvalue weighted by atomic mass is 10.0. The first kappa shape index (κ1) is 23.7. The number of rotatable bonds is 9. The highest BCUT2D eigenvalue weighted by atomic mass is 32.3. The number of nitrogens with zero attached hydrogens (tertiary/aromatic N) is 1. The van der Waals surface area contributed by atoms with Crippen LogP contribution in [0, 0.1) is 0 Å². The SMILES string of the molecule is C[S@](=O)CCCC/C(=N/OS(=O)(=O)O)S[C@@H]1OC(CO)[C@H](O)[C@H](O)C1O. The molecule has 1 fully saturated rings. The van der Waals surface area contributed by atoms with Gasteiger partial charge in [0.1, 0.15) is 34.9 Å². The summed E-state index contributed by atoms with van der Waals surface area (Å²) in [7, 11) is -5.83. The summed E-state index contributed by atoms with van der Waals surface area (Å²) in [6.45, 7) is -0.613. The molecule has 0 amide bonds. The van der Waals surface area contributed by atoms with E-state index in [-0.39, 0.29) is 11.5 Å². The monoisotopic (exact) mass is 437 g/mol. The van der Waals surface area contributed by atoms with Gasteiger partial charge in [0.15, 0.2) is 0 Å². The molecule has 5 N–H and O–H groups in total. The first-order valence-corrected chi connectivity index (χ1v) is 11.5. The van der Waals surface area contributed by atoms with Gasteiger partial charge in [-0.3, -0.25) is 8.76 Å². The van der Waals surface area contributed by atoms with E-state index in [4.69, 9.17) is 14.4 Å². The number of thioether (sulfide) groups is 1. The van der Waals surface area contributed by atoms with Gasteiger partial charge in [0.05, 0.1) is 6.61 Å². The van der Waals surface area contributed by atoms with Gasteiger partial charge in [-0.15, -0.1) is 0 Å². The number of aliphatic hydroxyl groups excluding tert-OH is 4. The lowest BCUT2D eigenvalue weighted by Gasteiger charge is -2.39. The average molecular weight is 438 g/mol. The number of unbranched alkanes of at least 4 members (excludes halogenated alkanes) is 1. The smallest absolute Gasteiger partial charge is 0.394 e. The molecule has 1 heterocycles. The summed E-state index contributed by atoms with van der Waals surface area (Å²) in [5, 5.41) is 42.0. The van der Waals surface area contributed by atoms with Crippen molar-refractivity contribution in [3.63, 3.8) is 0 Å². The van der Waals surface area contributed by atoms with Crippen molar-refractivity contribution < 1.29 is 46.6 Å². The second kappa shape index (κ2) is 10.9. The Balaban J connectivity index is 2.80. The molecule has 0 bridgehead atoms. The Kier molecular flexibility index (Phi) is 9.92. The van der Waals surface area contributed by atoms with Crippen LogP contribution in [0.5, 0.6) is 0 Å². The van der Waals surface area contributed by atoms with Crippen LogP contribution in [-0.2, 0) is 30.2 Å². The Bertz CT molecular complexity index is 596. The molecular formula is C12H23NO10S3. The molecule has 1 rings (SSSR count). The first-order valence-electron chi connectivity index (χ1n) is 7.55. The maximum absolute atomic E-state index is 11.1. The van der Waals surface area contributed by atoms with Crippen molar-refractivity contribution >= 4 is 38.0 Å². The summed E-state index contributed by atoms with van der Waals surface area (Å²) in [4.78, 5) is 0. The van der Waals surface area contributed by atoms with Gasteiger partial charge >= 0.3 is 10.4 Å². The Morgan fingerprint density at radius 3 is 2.42 bits per heavy atom. The average Bonchev–Trinajstić information content (AvgIpc) is 2.55. The lowest BCUT2D eigenvalue weighted by molar-refractivity contribution is -0.205. The molecule has 14 heteroatoms. The van der Waals surface area contributed by atoms with E-state index < -0.39 is 57.7 Å². The molecule has 0 aromatic rings. The van der Waals surface area contributed by atoms with Crippen molar-refractivity contribution in [2.24, 2.45) is 5.16 Å². The van der Waals surface area contributed by atoms with Crippen molar-refractivity contribution in [1.29, 1.82) is 0 Å². The third kappa shape index (κ3) is 8.14. The van der Waals surface area contributed by atoms with E-state index in [0.29, 0.717) is 18.6 Å². The van der Waals surface area contributed by atoms with Gasteiger partial charge < -0.3 is 25.2 Å². The summed E-state index contributed by atoms with van der Waals surface area (Å²) in [6, 6.07) is 0. The van der Waals surface area contributed by atoms with Crippen LogP contribution in [0.4, 0.5) is 0 Å². The highest BCUT2D eigenvalue weighted by Crippen LogP contribution is 2.30. The van der Waals surface area contributed by atoms with Gasteiger partial charge in [-0.05, 0) is 19.3 Å². The largest absolute Gasteiger partial charge is 0.466 e. The van der Waals surface area contributed by atoms with Crippen LogP contribution >= 0.6 is 11.8 Å². The molecule has 0 radical (unpaired) electrons. The Morgan fingerprint density at radius 1 is 1.23 bits per heavy atom. The van der Waals surface area contributed by atoms with Crippen LogP contribution in [0.3, 0.4) is 0 Å². The van der Waals surface area contributed by atoms with Gasteiger partial charge in [-0.25, -0.2) is 4.28 Å². The first-order chi connectivity index (χ1) is 12.0. The maximum atomic E-state index is 11.1. The molecule has 1 saturated heterocycles. The van der Waals surface area contributed by atoms with Crippen LogP contribution in [0.25, 0.3) is 0 Å². The van der Waals surface area contributed by atoms with Crippen LogP contribution < -0.4 is 0 Å². The zero-order valence-electron chi connectivity index (χ0n) is 13.9. The summed E-state index contributed by atoms with van der Waals surface area (Å²) >= 11 is 0.717. The zero-order valence-corrected chi connectivity index (χ0v) is 16.3. The molecule has 1 aliphatic heterocycles. The van der Waals surface area contributed by atoms with Crippen LogP contribution in [0.2, 0.25) is 0 Å². The van der Waals surface area contributed by atoms with Crippen molar-refractivity contribution in [2.75, 3.05) is 18.6 Å². The van der Waals surface area contributed by atoms with E-state index in [1.165, 1.54) is 0 Å². The topological polar surface area (TPSA) is 183 Å². The Hall–Kier alpha value is -0.320. The zero-order chi connectivity index (χ0) is 19.9. The van der Waals surface area contributed by atoms with Gasteiger partial charge in [-0.1, -0.05) is 16.9 Å². The second-order valence-corrected chi connectivity index (χ2v) is 9.27. The highest BCUT2D eigenvalue weighted by molar-refractivity contribution is 8.14. The van der Waals surface area contributed by atoms with Crippen molar-refractivity contribution in [3.8, 4) is 0 Å². The molecule has 11 nitrogen and oxygen atoms in total. The standard InChI is InChI=1S/C12H23NO10S3/c1-25(18)5-3-2-4-8(13-23-26(19,20)21)24-12-11(17)10(16)9(15)7(6-14)22-12/h7,9-12,14-17H,2-6H2,1H3,(H,19,20,21)/b13-8-/t7?,9-,10-,11?,12-,25-/m0/s1. The number of hydrogen-bond acceptors (Lipinski definition) is 11. The molecule has 154 valence electrons. The molecule has 1 aliphatic rings. The van der Waals surface area contributed by atoms with Crippen molar-refractivity contribution in [1.82, 2.24) is 0 Å². The molecule has 0 aromatic carbocycles. The number of aliphatic hydroxyl groups is 4. The fraction of sp³-hybridized carbons (Fsp3) is 0.917. The minimum absolute atomic E-state index is 0.0221. The van der Waals surface area contributed by atoms with Gasteiger partial charge in [0.2, 0.25) is 0 Å². The molecule has 0 spiro atoms. The molecule has 6 atom stereocenters. The fourth-order valence-corrected chi connectivity index (χ4v) is 4.05. The molecule has 0 saturated carbocycles. The van der Waals surface area contributed by atoms with Gasteiger partial charge in [-0.2, -0.15) is 8.42 Å². The van der Waals surface area contributed by atoms with Crippen LogP contribution in [-0.4, -0.2) is 91.1 Å². The quantitative estimate of drug-likeness (QED) is 0.0901. The second-order valence-electron chi connectivity index (χ2n) is 5.54. The molecular weight excluding hydrogens is 414 g/mol. The molecule has 0 aliphatic carbocycles. The number of oxime groups is 1. The summed E-state index contributed by atoms with van der Waals surface area (Å²) in [5.74, 6) is 0.428. The van der Waals surface area contributed by atoms with E-state index >= 15 is 0 Å². The summed E-state index contributed by atoms with van der Waals surface area (Å²) < 4.78 is 50.4. The normalized spacial score (nSPS) is 31.6. The van der Waals surface area contributed by atoms with Gasteiger partial charge in [0, 0.05) is 22.8 Å². The Labute approximate surface area is 157 Å². The van der Waals surface area contributed by atoms with Crippen LogP contribution in [0.15, 0.2) is 5.16 Å². The van der Waals surface area contributed by atoms with E-state index in [2.05, 4.69) is 9.44 Å². The van der Waals surface area contributed by atoms with E-state index in [9.17, 15) is 27.9 Å². The number of ether oxygens (including phenoxy) is 1.